The lowest BCUT2D eigenvalue weighted by molar-refractivity contribution is -0.121. The number of likely N-dealkylation sites (tertiary alicyclic amines) is 1. The van der Waals surface area contributed by atoms with Crippen molar-refractivity contribution < 1.29 is 4.79 Å². The summed E-state index contributed by atoms with van der Waals surface area (Å²) >= 11 is 0. The Morgan fingerprint density at radius 1 is 1.45 bits per heavy atom. The van der Waals surface area contributed by atoms with E-state index < -0.39 is 0 Å². The van der Waals surface area contributed by atoms with Crippen molar-refractivity contribution in [1.29, 1.82) is 0 Å². The van der Waals surface area contributed by atoms with Gasteiger partial charge in [0.1, 0.15) is 5.78 Å². The molecule has 1 atom stereocenters. The summed E-state index contributed by atoms with van der Waals surface area (Å²) in [6.45, 7) is 3.84. The summed E-state index contributed by atoms with van der Waals surface area (Å²) in [6, 6.07) is 0. The van der Waals surface area contributed by atoms with Gasteiger partial charge in [0.25, 0.3) is 0 Å². The average molecular weight is 155 g/mol. The normalized spacial score (nSPS) is 28.0. The minimum absolute atomic E-state index is 0.308. The molecule has 1 unspecified atom stereocenters. The third-order valence-electron chi connectivity index (χ3n) is 2.45. The van der Waals surface area contributed by atoms with Crippen molar-refractivity contribution in [2.45, 2.75) is 26.2 Å². The van der Waals surface area contributed by atoms with Crippen molar-refractivity contribution in [3.63, 3.8) is 0 Å². The van der Waals surface area contributed by atoms with Crippen LogP contribution in [0, 0.1) is 5.92 Å². The second kappa shape index (κ2) is 3.86. The second-order valence-corrected chi connectivity index (χ2v) is 3.57. The number of hydrogen-bond donors (Lipinski definition) is 0. The van der Waals surface area contributed by atoms with E-state index in [-0.39, 0.29) is 0 Å². The molecule has 1 aliphatic rings. The molecule has 1 aliphatic heterocycles. The van der Waals surface area contributed by atoms with Crippen LogP contribution < -0.4 is 0 Å². The quantitative estimate of drug-likeness (QED) is 0.569. The molecule has 1 heterocycles. The maximum Gasteiger partial charge on any atom is 0.134 e. The molecule has 64 valence electrons. The molecule has 0 bridgehead atoms. The Morgan fingerprint density at radius 2 is 2.18 bits per heavy atom. The second-order valence-electron chi connectivity index (χ2n) is 3.57. The number of carbonyl (C=O) groups is 1. The van der Waals surface area contributed by atoms with E-state index in [1.54, 1.807) is 6.92 Å². The van der Waals surface area contributed by atoms with Gasteiger partial charge in [-0.15, -0.1) is 0 Å². The Hall–Kier alpha value is -0.370. The van der Waals surface area contributed by atoms with Gasteiger partial charge in [-0.1, -0.05) is 6.42 Å². The maximum absolute atomic E-state index is 11.1. The summed E-state index contributed by atoms with van der Waals surface area (Å²) in [6.07, 6.45) is 3.56. The molecule has 2 nitrogen and oxygen atoms in total. The lowest BCUT2D eigenvalue weighted by atomic mass is 10.00. The van der Waals surface area contributed by atoms with Crippen LogP contribution in [0.4, 0.5) is 0 Å². The number of ketones is 1. The Balaban J connectivity index is 2.45. The molecule has 0 N–H and O–H groups in total. The molecule has 11 heavy (non-hydrogen) atoms. The molecule has 0 saturated carbocycles. The predicted octanol–water partition coefficient (Wildman–Crippen LogP) is 1.31. The zero-order valence-corrected chi connectivity index (χ0v) is 7.47. The first kappa shape index (κ1) is 8.72. The summed E-state index contributed by atoms with van der Waals surface area (Å²) in [7, 11) is 2.10. The molecule has 2 heteroatoms. The van der Waals surface area contributed by atoms with E-state index in [2.05, 4.69) is 11.9 Å². The van der Waals surface area contributed by atoms with Gasteiger partial charge in [0.15, 0.2) is 0 Å². The summed E-state index contributed by atoms with van der Waals surface area (Å²) in [5, 5.41) is 0. The van der Waals surface area contributed by atoms with Crippen molar-refractivity contribution >= 4 is 5.78 Å². The first-order valence-corrected chi connectivity index (χ1v) is 4.39. The Bertz CT molecular complexity index is 144. The van der Waals surface area contributed by atoms with Crippen LogP contribution in [0.15, 0.2) is 0 Å². The van der Waals surface area contributed by atoms with Gasteiger partial charge >= 0.3 is 0 Å². The fraction of sp³-hybridized carbons (Fsp3) is 0.889. The third-order valence-corrected chi connectivity index (χ3v) is 2.45. The molecule has 1 saturated heterocycles. The number of rotatable bonds is 1. The highest BCUT2D eigenvalue weighted by Gasteiger charge is 2.18. The van der Waals surface area contributed by atoms with Crippen LogP contribution in [-0.4, -0.2) is 30.8 Å². The van der Waals surface area contributed by atoms with Crippen LogP contribution in [0.1, 0.15) is 26.2 Å². The number of hydrogen-bond acceptors (Lipinski definition) is 2. The van der Waals surface area contributed by atoms with Gasteiger partial charge in [-0.3, -0.25) is 4.79 Å². The van der Waals surface area contributed by atoms with Crippen LogP contribution in [0.5, 0.6) is 0 Å². The molecule has 1 fully saturated rings. The van der Waals surface area contributed by atoms with E-state index in [9.17, 15) is 4.79 Å². The number of Topliss-reactive ketones (excluding diaryl/α,β-unsaturated/α-hetero) is 1. The van der Waals surface area contributed by atoms with E-state index >= 15 is 0 Å². The largest absolute Gasteiger partial charge is 0.306 e. The van der Waals surface area contributed by atoms with E-state index in [0.717, 1.165) is 19.5 Å². The Morgan fingerprint density at radius 3 is 2.82 bits per heavy atom. The van der Waals surface area contributed by atoms with Crippen LogP contribution in [-0.2, 0) is 4.79 Å². The van der Waals surface area contributed by atoms with Crippen molar-refractivity contribution in [3.8, 4) is 0 Å². The number of nitrogens with zero attached hydrogens (tertiary/aromatic N) is 1. The van der Waals surface area contributed by atoms with E-state index in [1.807, 2.05) is 0 Å². The first-order valence-electron chi connectivity index (χ1n) is 4.39. The van der Waals surface area contributed by atoms with Gasteiger partial charge in [0.05, 0.1) is 0 Å². The highest BCUT2D eigenvalue weighted by atomic mass is 16.1. The van der Waals surface area contributed by atoms with Gasteiger partial charge in [0.2, 0.25) is 0 Å². The lowest BCUT2D eigenvalue weighted by Gasteiger charge is -2.16. The zero-order valence-electron chi connectivity index (χ0n) is 7.47. The summed E-state index contributed by atoms with van der Waals surface area (Å²) in [4.78, 5) is 13.3. The molecule has 0 aromatic carbocycles. The molecular weight excluding hydrogens is 138 g/mol. The van der Waals surface area contributed by atoms with Gasteiger partial charge in [0, 0.05) is 12.5 Å². The average Bonchev–Trinajstić information content (AvgIpc) is 2.13. The zero-order chi connectivity index (χ0) is 8.27. The predicted molar refractivity (Wildman–Crippen MR) is 45.5 cm³/mol. The highest BCUT2D eigenvalue weighted by Crippen LogP contribution is 2.15. The molecule has 0 radical (unpaired) electrons. The van der Waals surface area contributed by atoms with Crippen molar-refractivity contribution in [2.75, 3.05) is 20.1 Å². The summed E-state index contributed by atoms with van der Waals surface area (Å²) in [5.74, 6) is 0.668. The molecule has 0 aromatic rings. The van der Waals surface area contributed by atoms with E-state index in [0.29, 0.717) is 11.7 Å². The molecule has 1 rings (SSSR count). The molecule has 0 spiro atoms. The molecule has 0 aromatic heterocycles. The van der Waals surface area contributed by atoms with Crippen LogP contribution >= 0.6 is 0 Å². The molecular formula is C9H17NO. The van der Waals surface area contributed by atoms with Crippen LogP contribution in [0.3, 0.4) is 0 Å². The molecule has 0 aliphatic carbocycles. The minimum Gasteiger partial charge on any atom is -0.306 e. The topological polar surface area (TPSA) is 20.3 Å². The Kier molecular flexibility index (Phi) is 3.06. The van der Waals surface area contributed by atoms with Crippen LogP contribution in [0.25, 0.3) is 0 Å². The van der Waals surface area contributed by atoms with Crippen molar-refractivity contribution in [1.82, 2.24) is 4.90 Å². The van der Waals surface area contributed by atoms with Gasteiger partial charge in [-0.05, 0) is 33.4 Å². The lowest BCUT2D eigenvalue weighted by Crippen LogP contribution is -2.27. The van der Waals surface area contributed by atoms with E-state index in [4.69, 9.17) is 0 Å². The first-order chi connectivity index (χ1) is 5.20. The van der Waals surface area contributed by atoms with Gasteiger partial charge in [-0.2, -0.15) is 0 Å². The minimum atomic E-state index is 0.308. The monoisotopic (exact) mass is 155 g/mol. The van der Waals surface area contributed by atoms with Gasteiger partial charge in [-0.25, -0.2) is 0 Å². The third kappa shape index (κ3) is 2.62. The summed E-state index contributed by atoms with van der Waals surface area (Å²) in [5.41, 5.74) is 0. The summed E-state index contributed by atoms with van der Waals surface area (Å²) < 4.78 is 0. The van der Waals surface area contributed by atoms with Crippen molar-refractivity contribution in [3.05, 3.63) is 0 Å². The highest BCUT2D eigenvalue weighted by molar-refractivity contribution is 5.78. The van der Waals surface area contributed by atoms with Crippen molar-refractivity contribution in [2.24, 2.45) is 5.92 Å². The fourth-order valence-electron chi connectivity index (χ4n) is 1.66. The van der Waals surface area contributed by atoms with E-state index in [1.165, 1.54) is 12.8 Å². The van der Waals surface area contributed by atoms with Crippen LogP contribution in [0.2, 0.25) is 0 Å². The fourth-order valence-corrected chi connectivity index (χ4v) is 1.66. The SMILES string of the molecule is CC(=O)C1CCCCN(C)C1. The standard InChI is InChI=1S/C9H17NO/c1-8(11)9-5-3-4-6-10(2)7-9/h9H,3-7H2,1-2H3. The smallest absolute Gasteiger partial charge is 0.134 e. The van der Waals surface area contributed by atoms with Gasteiger partial charge < -0.3 is 4.90 Å². The maximum atomic E-state index is 11.1. The number of carbonyl (C=O) groups excluding carboxylic acids is 1. The Labute approximate surface area is 68.6 Å². The molecule has 0 amide bonds.